The third-order valence-corrected chi connectivity index (χ3v) is 8.02. The molecule has 0 aliphatic rings. The van der Waals surface area contributed by atoms with Crippen LogP contribution in [0.1, 0.15) is 84.9 Å². The second kappa shape index (κ2) is 18.7. The van der Waals surface area contributed by atoms with E-state index in [0.717, 1.165) is 54.1 Å². The summed E-state index contributed by atoms with van der Waals surface area (Å²) in [6.45, 7) is 23.8. The summed E-state index contributed by atoms with van der Waals surface area (Å²) < 4.78 is 19.2. The van der Waals surface area contributed by atoms with Crippen LogP contribution in [0.5, 0.6) is 5.75 Å². The summed E-state index contributed by atoms with van der Waals surface area (Å²) in [5.74, 6) is 1.56. The van der Waals surface area contributed by atoms with E-state index in [0.29, 0.717) is 5.92 Å². The van der Waals surface area contributed by atoms with Gasteiger partial charge in [-0.25, -0.2) is 4.39 Å². The Morgan fingerprint density at radius 1 is 0.977 bits per heavy atom. The predicted octanol–water partition coefficient (Wildman–Crippen LogP) is 12.2. The van der Waals surface area contributed by atoms with Crippen molar-refractivity contribution in [2.75, 3.05) is 11.9 Å². The number of allylic oxidation sites excluding steroid dienone is 7. The molecule has 0 aromatic heterocycles. The minimum Gasteiger partial charge on any atom is -0.493 e. The second-order valence-corrected chi connectivity index (χ2v) is 11.7. The SMILES string of the molecule is C/C=C(/C)Nc1cc(-c2ccc(OCCC(C)CC)c(CC)c2)ccc1C.C=C(C)/C(Cc1cccc(F)c1)=C(C)\C=C/C. The van der Waals surface area contributed by atoms with E-state index in [1.807, 2.05) is 26.0 Å². The highest BCUT2D eigenvalue weighted by Gasteiger charge is 2.09. The Bertz CT molecular complexity index is 1460. The van der Waals surface area contributed by atoms with Crippen molar-refractivity contribution < 1.29 is 9.13 Å². The molecule has 3 aromatic carbocycles. The minimum absolute atomic E-state index is 0.188. The van der Waals surface area contributed by atoms with Crippen LogP contribution in [0.25, 0.3) is 11.1 Å². The maximum atomic E-state index is 13.1. The van der Waals surface area contributed by atoms with Crippen molar-refractivity contribution in [2.45, 2.75) is 88.0 Å². The fraction of sp³-hybridized carbons (Fsp3) is 0.366. The van der Waals surface area contributed by atoms with Gasteiger partial charge in [-0.05, 0) is 136 Å². The molecule has 0 saturated carbocycles. The highest BCUT2D eigenvalue weighted by atomic mass is 19.1. The molecule has 0 amide bonds. The topological polar surface area (TPSA) is 21.3 Å². The monoisotopic (exact) mass is 595 g/mol. The van der Waals surface area contributed by atoms with Crippen LogP contribution >= 0.6 is 0 Å². The van der Waals surface area contributed by atoms with Crippen molar-refractivity contribution in [3.05, 3.63) is 130 Å². The van der Waals surface area contributed by atoms with E-state index >= 15 is 0 Å². The van der Waals surface area contributed by atoms with Crippen LogP contribution in [0.15, 0.2) is 108 Å². The molecule has 1 N–H and O–H groups in total. The molecule has 44 heavy (non-hydrogen) atoms. The first-order valence-electron chi connectivity index (χ1n) is 16.0. The Balaban J connectivity index is 0.000000342. The van der Waals surface area contributed by atoms with E-state index in [1.165, 1.54) is 45.9 Å². The molecule has 0 aliphatic carbocycles. The Labute approximate surface area is 267 Å². The molecular formula is C41H54FNO. The van der Waals surface area contributed by atoms with Gasteiger partial charge in [0.1, 0.15) is 11.6 Å². The molecule has 1 unspecified atom stereocenters. The first-order valence-corrected chi connectivity index (χ1v) is 16.0. The third kappa shape index (κ3) is 11.7. The lowest BCUT2D eigenvalue weighted by atomic mass is 9.95. The molecule has 1 atom stereocenters. The van der Waals surface area contributed by atoms with Gasteiger partial charge in [-0.2, -0.15) is 0 Å². The average molecular weight is 596 g/mol. The fourth-order valence-electron chi connectivity index (χ4n) is 4.80. The zero-order valence-electron chi connectivity index (χ0n) is 28.6. The zero-order valence-corrected chi connectivity index (χ0v) is 28.6. The van der Waals surface area contributed by atoms with Crippen LogP contribution in [-0.4, -0.2) is 6.61 Å². The van der Waals surface area contributed by atoms with Gasteiger partial charge in [0.05, 0.1) is 6.61 Å². The number of nitrogens with one attached hydrogen (secondary N) is 1. The number of ether oxygens (including phenoxy) is 1. The molecule has 3 heteroatoms. The summed E-state index contributed by atoms with van der Waals surface area (Å²) in [4.78, 5) is 0. The average Bonchev–Trinajstić information content (AvgIpc) is 3.01. The highest BCUT2D eigenvalue weighted by Crippen LogP contribution is 2.31. The van der Waals surface area contributed by atoms with E-state index in [4.69, 9.17) is 4.74 Å². The number of halogens is 1. The van der Waals surface area contributed by atoms with Gasteiger partial charge in [0.25, 0.3) is 0 Å². The first-order chi connectivity index (χ1) is 21.0. The standard InChI is InChI=1S/C25H35NO.C16H19F/c1-7-18(4)14-15-27-25-13-12-22(16-21(25)9-3)23-11-10-19(5)24(17-23)26-20(6)8-2;1-5-7-13(4)16(12(2)3)11-14-8-6-9-15(17)10-14/h8,10-13,16-18,26H,7,9,14-15H2,1-6H3;5-10H,2,11H2,1,3-4H3/b20-8-;7-5-,16-13-. The quantitative estimate of drug-likeness (QED) is 0.198. The van der Waals surface area contributed by atoms with Gasteiger partial charge in [0.2, 0.25) is 0 Å². The number of rotatable bonds is 13. The van der Waals surface area contributed by atoms with Gasteiger partial charge in [-0.15, -0.1) is 0 Å². The van der Waals surface area contributed by atoms with Crippen molar-refractivity contribution in [1.29, 1.82) is 0 Å². The van der Waals surface area contributed by atoms with Crippen LogP contribution in [0.3, 0.4) is 0 Å². The predicted molar refractivity (Wildman–Crippen MR) is 191 cm³/mol. The number of anilines is 1. The van der Waals surface area contributed by atoms with Crippen molar-refractivity contribution >= 4 is 5.69 Å². The van der Waals surface area contributed by atoms with E-state index < -0.39 is 0 Å². The molecule has 0 saturated heterocycles. The van der Waals surface area contributed by atoms with Crippen LogP contribution in [0, 0.1) is 18.7 Å². The van der Waals surface area contributed by atoms with Crippen LogP contribution in [-0.2, 0) is 12.8 Å². The Hall–Kier alpha value is -3.85. The first kappa shape index (κ1) is 36.3. The highest BCUT2D eigenvalue weighted by molar-refractivity contribution is 5.72. The summed E-state index contributed by atoms with van der Waals surface area (Å²) in [6, 6.07) is 19.9. The second-order valence-electron chi connectivity index (χ2n) is 11.7. The summed E-state index contributed by atoms with van der Waals surface area (Å²) in [7, 11) is 0. The molecule has 0 fully saturated rings. The summed E-state index contributed by atoms with van der Waals surface area (Å²) in [6.07, 6.45) is 10.2. The number of benzene rings is 3. The maximum absolute atomic E-state index is 13.1. The molecule has 3 rings (SSSR count). The molecule has 3 aromatic rings. The van der Waals surface area contributed by atoms with Gasteiger partial charge in [-0.1, -0.05) is 87.9 Å². The van der Waals surface area contributed by atoms with Crippen LogP contribution < -0.4 is 10.1 Å². The van der Waals surface area contributed by atoms with Crippen molar-refractivity contribution in [3.63, 3.8) is 0 Å². The molecule has 0 radical (unpaired) electrons. The minimum atomic E-state index is -0.188. The molecule has 0 spiro atoms. The lowest BCUT2D eigenvalue weighted by Gasteiger charge is -2.15. The van der Waals surface area contributed by atoms with Gasteiger partial charge in [0, 0.05) is 11.4 Å². The smallest absolute Gasteiger partial charge is 0.123 e. The summed E-state index contributed by atoms with van der Waals surface area (Å²) in [5.41, 5.74) is 11.7. The lowest BCUT2D eigenvalue weighted by molar-refractivity contribution is 0.279. The van der Waals surface area contributed by atoms with Gasteiger partial charge < -0.3 is 10.1 Å². The molecule has 2 nitrogen and oxygen atoms in total. The number of aryl methyl sites for hydroxylation is 2. The Morgan fingerprint density at radius 3 is 2.30 bits per heavy atom. The van der Waals surface area contributed by atoms with E-state index in [-0.39, 0.29) is 5.82 Å². The van der Waals surface area contributed by atoms with Crippen LogP contribution in [0.4, 0.5) is 10.1 Å². The molecule has 0 bridgehead atoms. The molecule has 236 valence electrons. The third-order valence-electron chi connectivity index (χ3n) is 8.02. The summed E-state index contributed by atoms with van der Waals surface area (Å²) in [5, 5.41) is 3.49. The molecule has 0 heterocycles. The van der Waals surface area contributed by atoms with Crippen molar-refractivity contribution in [2.24, 2.45) is 5.92 Å². The summed E-state index contributed by atoms with van der Waals surface area (Å²) >= 11 is 0. The van der Waals surface area contributed by atoms with Crippen molar-refractivity contribution in [3.8, 4) is 16.9 Å². The Morgan fingerprint density at radius 2 is 1.68 bits per heavy atom. The number of hydrogen-bond donors (Lipinski definition) is 1. The van der Waals surface area contributed by atoms with E-state index in [9.17, 15) is 4.39 Å². The lowest BCUT2D eigenvalue weighted by Crippen LogP contribution is -2.04. The van der Waals surface area contributed by atoms with Gasteiger partial charge in [0.15, 0.2) is 0 Å². The maximum Gasteiger partial charge on any atom is 0.123 e. The van der Waals surface area contributed by atoms with E-state index in [2.05, 4.69) is 109 Å². The van der Waals surface area contributed by atoms with Crippen molar-refractivity contribution in [1.82, 2.24) is 0 Å². The zero-order chi connectivity index (χ0) is 32.6. The van der Waals surface area contributed by atoms with Gasteiger partial charge >= 0.3 is 0 Å². The van der Waals surface area contributed by atoms with Gasteiger partial charge in [-0.3, -0.25) is 0 Å². The fourth-order valence-corrected chi connectivity index (χ4v) is 4.80. The normalized spacial score (nSPS) is 12.7. The van der Waals surface area contributed by atoms with E-state index in [1.54, 1.807) is 12.1 Å². The number of hydrogen-bond acceptors (Lipinski definition) is 2. The largest absolute Gasteiger partial charge is 0.493 e. The molecular weight excluding hydrogens is 541 g/mol. The molecule has 0 aliphatic heterocycles. The Kier molecular flexibility index (Phi) is 15.5. The van der Waals surface area contributed by atoms with Crippen LogP contribution in [0.2, 0.25) is 0 Å².